The van der Waals surface area contributed by atoms with Crippen LogP contribution in [0.4, 0.5) is 20.8 Å². The lowest BCUT2D eigenvalue weighted by molar-refractivity contribution is 0.207. The first kappa shape index (κ1) is 15.3. The molecule has 0 aliphatic carbocycles. The van der Waals surface area contributed by atoms with Gasteiger partial charge in [-0.3, -0.25) is 5.32 Å². The van der Waals surface area contributed by atoms with Gasteiger partial charge in [0.1, 0.15) is 5.82 Å². The number of urea groups is 1. The summed E-state index contributed by atoms with van der Waals surface area (Å²) in [7, 11) is 0. The fraction of sp³-hybridized carbons (Fsp3) is 0.400. The molecular formula is C15H19FN6O. The van der Waals surface area contributed by atoms with Crippen LogP contribution in [0.25, 0.3) is 0 Å². The van der Waals surface area contributed by atoms with Crippen molar-refractivity contribution >= 4 is 17.7 Å². The molecule has 0 bridgehead atoms. The first-order valence-corrected chi connectivity index (χ1v) is 7.62. The molecule has 0 radical (unpaired) electrons. The number of halogens is 1. The van der Waals surface area contributed by atoms with Gasteiger partial charge in [0, 0.05) is 45.0 Å². The van der Waals surface area contributed by atoms with E-state index < -0.39 is 0 Å². The Morgan fingerprint density at radius 2 is 2.04 bits per heavy atom. The van der Waals surface area contributed by atoms with Gasteiger partial charge in [-0.25, -0.2) is 18.9 Å². The fourth-order valence-electron chi connectivity index (χ4n) is 2.61. The number of aryl methyl sites for hydroxylation is 1. The molecule has 0 atom stereocenters. The second-order valence-electron chi connectivity index (χ2n) is 5.25. The molecule has 0 unspecified atom stereocenters. The van der Waals surface area contributed by atoms with Crippen molar-refractivity contribution in [3.63, 3.8) is 0 Å². The van der Waals surface area contributed by atoms with E-state index >= 15 is 0 Å². The van der Waals surface area contributed by atoms with Gasteiger partial charge in [-0.1, -0.05) is 0 Å². The Morgan fingerprint density at radius 1 is 1.26 bits per heavy atom. The standard InChI is InChI=1S/C15H19FN6O/c1-2-22-13(5-7-18-22)19-15(23)21-10-8-20(9-11-21)14-12(16)4-3-6-17-14/h3-7H,2,8-11H2,1H3,(H,19,23). The monoisotopic (exact) mass is 318 g/mol. The Bertz CT molecular complexity index is 680. The number of rotatable bonds is 3. The maximum Gasteiger partial charge on any atom is 0.323 e. The first-order chi connectivity index (χ1) is 11.2. The summed E-state index contributed by atoms with van der Waals surface area (Å²) in [6, 6.07) is 4.56. The molecule has 1 aliphatic rings. The predicted molar refractivity (Wildman–Crippen MR) is 84.9 cm³/mol. The zero-order chi connectivity index (χ0) is 16.2. The van der Waals surface area contributed by atoms with Gasteiger partial charge in [-0.15, -0.1) is 0 Å². The highest BCUT2D eigenvalue weighted by atomic mass is 19.1. The van der Waals surface area contributed by atoms with Gasteiger partial charge < -0.3 is 9.80 Å². The SMILES string of the molecule is CCn1nccc1NC(=O)N1CCN(c2ncccc2F)CC1. The second-order valence-corrected chi connectivity index (χ2v) is 5.25. The van der Waals surface area contributed by atoms with Crippen LogP contribution in [0.15, 0.2) is 30.6 Å². The number of carbonyl (C=O) groups excluding carboxylic acids is 1. The van der Waals surface area contributed by atoms with Gasteiger partial charge in [-0.05, 0) is 19.1 Å². The molecule has 8 heteroatoms. The Kier molecular flexibility index (Phi) is 4.40. The van der Waals surface area contributed by atoms with Crippen molar-refractivity contribution in [3.8, 4) is 0 Å². The largest absolute Gasteiger partial charge is 0.351 e. The molecule has 3 heterocycles. The number of carbonyl (C=O) groups is 1. The van der Waals surface area contributed by atoms with E-state index in [1.807, 2.05) is 11.8 Å². The number of hydrogen-bond donors (Lipinski definition) is 1. The highest BCUT2D eigenvalue weighted by Gasteiger charge is 2.23. The molecule has 3 rings (SSSR count). The number of aromatic nitrogens is 3. The summed E-state index contributed by atoms with van der Waals surface area (Å²) in [4.78, 5) is 20.0. The molecule has 7 nitrogen and oxygen atoms in total. The molecule has 2 amide bonds. The topological polar surface area (TPSA) is 66.3 Å². The van der Waals surface area contributed by atoms with Gasteiger partial charge in [0.05, 0.1) is 6.20 Å². The van der Waals surface area contributed by atoms with Crippen LogP contribution in [0, 0.1) is 5.82 Å². The molecule has 1 fully saturated rings. The number of piperazine rings is 1. The van der Waals surface area contributed by atoms with E-state index in [1.165, 1.54) is 6.07 Å². The maximum absolute atomic E-state index is 13.8. The summed E-state index contributed by atoms with van der Waals surface area (Å²) in [5.41, 5.74) is 0. The minimum atomic E-state index is -0.336. The van der Waals surface area contributed by atoms with Crippen molar-refractivity contribution in [2.45, 2.75) is 13.5 Å². The average Bonchev–Trinajstić information content (AvgIpc) is 3.02. The minimum absolute atomic E-state index is 0.165. The van der Waals surface area contributed by atoms with E-state index in [1.54, 1.807) is 34.1 Å². The van der Waals surface area contributed by atoms with Crippen LogP contribution in [0.1, 0.15) is 6.92 Å². The predicted octanol–water partition coefficient (Wildman–Crippen LogP) is 1.79. The summed E-state index contributed by atoms with van der Waals surface area (Å²) in [6.45, 7) is 4.78. The summed E-state index contributed by atoms with van der Waals surface area (Å²) in [5.74, 6) is 0.685. The van der Waals surface area contributed by atoms with Crippen LogP contribution in [0.5, 0.6) is 0 Å². The molecule has 122 valence electrons. The van der Waals surface area contributed by atoms with Gasteiger partial charge in [0.2, 0.25) is 0 Å². The molecule has 2 aromatic rings. The quantitative estimate of drug-likeness (QED) is 0.937. The van der Waals surface area contributed by atoms with Crippen LogP contribution in [0.2, 0.25) is 0 Å². The lowest BCUT2D eigenvalue weighted by atomic mass is 10.3. The molecular weight excluding hydrogens is 299 g/mol. The van der Waals surface area contributed by atoms with E-state index in [4.69, 9.17) is 0 Å². The smallest absolute Gasteiger partial charge is 0.323 e. The molecule has 0 spiro atoms. The molecule has 1 aliphatic heterocycles. The summed E-state index contributed by atoms with van der Waals surface area (Å²) in [5, 5.41) is 6.98. The zero-order valence-electron chi connectivity index (χ0n) is 12.9. The van der Waals surface area contributed by atoms with E-state index in [9.17, 15) is 9.18 Å². The fourth-order valence-corrected chi connectivity index (χ4v) is 2.61. The lowest BCUT2D eigenvalue weighted by Gasteiger charge is -2.35. The Morgan fingerprint density at radius 3 is 2.74 bits per heavy atom. The molecule has 1 saturated heterocycles. The Balaban J connectivity index is 1.58. The van der Waals surface area contributed by atoms with Crippen LogP contribution >= 0.6 is 0 Å². The number of hydrogen-bond acceptors (Lipinski definition) is 4. The number of anilines is 2. The Labute approximate surface area is 133 Å². The third kappa shape index (κ3) is 3.25. The minimum Gasteiger partial charge on any atom is -0.351 e. The van der Waals surface area contributed by atoms with Crippen LogP contribution < -0.4 is 10.2 Å². The van der Waals surface area contributed by atoms with Crippen LogP contribution in [-0.4, -0.2) is 51.9 Å². The number of pyridine rings is 1. The van der Waals surface area contributed by atoms with Crippen molar-refractivity contribution < 1.29 is 9.18 Å². The molecule has 0 saturated carbocycles. The maximum atomic E-state index is 13.8. The van der Waals surface area contributed by atoms with Crippen molar-refractivity contribution in [1.29, 1.82) is 0 Å². The van der Waals surface area contributed by atoms with Crippen LogP contribution in [-0.2, 0) is 6.54 Å². The molecule has 23 heavy (non-hydrogen) atoms. The van der Waals surface area contributed by atoms with Gasteiger partial charge >= 0.3 is 6.03 Å². The number of nitrogens with zero attached hydrogens (tertiary/aromatic N) is 5. The molecule has 0 aromatic carbocycles. The van der Waals surface area contributed by atoms with Crippen molar-refractivity contribution in [1.82, 2.24) is 19.7 Å². The van der Waals surface area contributed by atoms with Crippen molar-refractivity contribution in [3.05, 3.63) is 36.4 Å². The lowest BCUT2D eigenvalue weighted by Crippen LogP contribution is -2.50. The summed E-state index contributed by atoms with van der Waals surface area (Å²) in [6.07, 6.45) is 3.23. The summed E-state index contributed by atoms with van der Waals surface area (Å²) < 4.78 is 15.5. The van der Waals surface area contributed by atoms with Crippen LogP contribution in [0.3, 0.4) is 0 Å². The van der Waals surface area contributed by atoms with Crippen molar-refractivity contribution in [2.75, 3.05) is 36.4 Å². The van der Waals surface area contributed by atoms with Crippen molar-refractivity contribution in [2.24, 2.45) is 0 Å². The van der Waals surface area contributed by atoms with Gasteiger partial charge in [0.25, 0.3) is 0 Å². The van der Waals surface area contributed by atoms with E-state index in [0.717, 1.165) is 0 Å². The number of nitrogens with one attached hydrogen (secondary N) is 1. The summed E-state index contributed by atoms with van der Waals surface area (Å²) >= 11 is 0. The molecule has 1 N–H and O–H groups in total. The normalized spacial score (nSPS) is 14.9. The van der Waals surface area contributed by atoms with Gasteiger partial charge in [0.15, 0.2) is 11.6 Å². The first-order valence-electron chi connectivity index (χ1n) is 7.62. The van der Waals surface area contributed by atoms with E-state index in [-0.39, 0.29) is 11.8 Å². The third-order valence-electron chi connectivity index (χ3n) is 3.86. The van der Waals surface area contributed by atoms with Gasteiger partial charge in [-0.2, -0.15) is 5.10 Å². The zero-order valence-corrected chi connectivity index (χ0v) is 12.9. The van der Waals surface area contributed by atoms with E-state index in [2.05, 4.69) is 15.4 Å². The Hall–Kier alpha value is -2.64. The molecule has 2 aromatic heterocycles. The highest BCUT2D eigenvalue weighted by molar-refractivity contribution is 5.88. The highest BCUT2D eigenvalue weighted by Crippen LogP contribution is 2.17. The van der Waals surface area contributed by atoms with E-state index in [0.29, 0.717) is 44.4 Å². The number of amides is 2. The third-order valence-corrected chi connectivity index (χ3v) is 3.86. The average molecular weight is 318 g/mol. The second kappa shape index (κ2) is 6.64.